The van der Waals surface area contributed by atoms with E-state index < -0.39 is 0 Å². The number of nitrogens with zero attached hydrogens (tertiary/aromatic N) is 2. The van der Waals surface area contributed by atoms with Gasteiger partial charge < -0.3 is 0 Å². The first-order valence-corrected chi connectivity index (χ1v) is 6.56. The summed E-state index contributed by atoms with van der Waals surface area (Å²) in [5.74, 6) is 0. The Morgan fingerprint density at radius 3 is 2.70 bits per heavy atom. The fourth-order valence-electron chi connectivity index (χ4n) is 2.91. The molecule has 2 heterocycles. The molecule has 0 aliphatic carbocycles. The van der Waals surface area contributed by atoms with Gasteiger partial charge in [-0.05, 0) is 11.6 Å². The Labute approximate surface area is 116 Å². The molecule has 3 nitrogen and oxygen atoms in total. The van der Waals surface area contributed by atoms with Crippen LogP contribution in [-0.2, 0) is 4.79 Å². The van der Waals surface area contributed by atoms with Crippen molar-refractivity contribution in [3.05, 3.63) is 71.4 Å². The second-order valence-corrected chi connectivity index (χ2v) is 4.95. The van der Waals surface area contributed by atoms with Crippen molar-refractivity contribution in [2.75, 3.05) is 0 Å². The van der Waals surface area contributed by atoms with E-state index in [-0.39, 0.29) is 6.04 Å². The lowest BCUT2D eigenvalue weighted by Gasteiger charge is -2.23. The van der Waals surface area contributed by atoms with Crippen molar-refractivity contribution in [1.29, 1.82) is 0 Å². The van der Waals surface area contributed by atoms with Crippen molar-refractivity contribution in [3.63, 3.8) is 0 Å². The number of rotatable bonds is 2. The van der Waals surface area contributed by atoms with Crippen molar-refractivity contribution in [3.8, 4) is 0 Å². The molecule has 1 aliphatic heterocycles. The lowest BCUT2D eigenvalue weighted by Crippen LogP contribution is -2.18. The van der Waals surface area contributed by atoms with Gasteiger partial charge in [0.25, 0.3) is 0 Å². The normalized spacial score (nSPS) is 17.0. The van der Waals surface area contributed by atoms with Crippen LogP contribution < -0.4 is 0 Å². The van der Waals surface area contributed by atoms with Crippen molar-refractivity contribution < 1.29 is 4.79 Å². The molecule has 0 bridgehead atoms. The number of carbonyl (C=O) groups excluding carboxylic acids is 1. The molecule has 2 aromatic carbocycles. The van der Waals surface area contributed by atoms with Crippen molar-refractivity contribution in [1.82, 2.24) is 9.78 Å². The highest BCUT2D eigenvalue weighted by Crippen LogP contribution is 2.35. The van der Waals surface area contributed by atoms with Gasteiger partial charge in [-0.15, -0.1) is 0 Å². The van der Waals surface area contributed by atoms with Crippen LogP contribution >= 0.6 is 0 Å². The molecule has 96 valence electrons. The van der Waals surface area contributed by atoms with Crippen molar-refractivity contribution >= 4 is 23.3 Å². The summed E-state index contributed by atoms with van der Waals surface area (Å²) < 4.78 is 1.95. The van der Waals surface area contributed by atoms with E-state index in [4.69, 9.17) is 0 Å². The van der Waals surface area contributed by atoms with E-state index >= 15 is 0 Å². The molecular formula is C17H12N2O. The molecule has 3 heteroatoms. The molecule has 1 aliphatic rings. The van der Waals surface area contributed by atoms with Gasteiger partial charge in [-0.3, -0.25) is 9.48 Å². The summed E-state index contributed by atoms with van der Waals surface area (Å²) in [4.78, 5) is 11.5. The van der Waals surface area contributed by atoms with Gasteiger partial charge in [-0.25, -0.2) is 0 Å². The van der Waals surface area contributed by atoms with E-state index in [0.29, 0.717) is 0 Å². The number of hydrogen-bond acceptors (Lipinski definition) is 2. The first-order chi connectivity index (χ1) is 9.88. The maximum Gasteiger partial charge on any atom is 0.148 e. The van der Waals surface area contributed by atoms with Crippen LogP contribution in [-0.4, -0.2) is 16.1 Å². The molecule has 20 heavy (non-hydrogen) atoms. The Bertz CT molecular complexity index is 831. The van der Waals surface area contributed by atoms with Gasteiger partial charge in [-0.2, -0.15) is 5.10 Å². The Morgan fingerprint density at radius 1 is 1.05 bits per heavy atom. The van der Waals surface area contributed by atoms with Crippen LogP contribution in [0.4, 0.5) is 0 Å². The molecule has 0 radical (unpaired) electrons. The van der Waals surface area contributed by atoms with Crippen LogP contribution in [0.15, 0.2) is 60.3 Å². The molecule has 0 saturated carbocycles. The standard InChI is InChI=1S/C17H12N2O/c20-11-15-9-13-7-4-8-14-10-18-19(17(13)14)16(15)12-5-2-1-3-6-12/h1-11,16H/t16-/m1/s1. The molecule has 1 aromatic heterocycles. The second-order valence-electron chi connectivity index (χ2n) is 4.95. The van der Waals surface area contributed by atoms with Crippen LogP contribution in [0.5, 0.6) is 0 Å². The van der Waals surface area contributed by atoms with Gasteiger partial charge in [-0.1, -0.05) is 48.5 Å². The fourth-order valence-corrected chi connectivity index (χ4v) is 2.91. The van der Waals surface area contributed by atoms with E-state index in [0.717, 1.165) is 33.9 Å². The largest absolute Gasteiger partial charge is 0.298 e. The van der Waals surface area contributed by atoms with Crippen LogP contribution in [0.2, 0.25) is 0 Å². The molecule has 3 aromatic rings. The summed E-state index contributed by atoms with van der Waals surface area (Å²) >= 11 is 0. The zero-order valence-electron chi connectivity index (χ0n) is 10.7. The van der Waals surface area contributed by atoms with Gasteiger partial charge in [0, 0.05) is 16.5 Å². The Hall–Kier alpha value is -2.68. The predicted molar refractivity (Wildman–Crippen MR) is 78.4 cm³/mol. The maximum atomic E-state index is 11.5. The molecule has 0 spiro atoms. The average molecular weight is 260 g/mol. The molecule has 4 rings (SSSR count). The average Bonchev–Trinajstić information content (AvgIpc) is 2.94. The van der Waals surface area contributed by atoms with Crippen LogP contribution in [0.3, 0.4) is 0 Å². The van der Waals surface area contributed by atoms with E-state index in [1.54, 1.807) is 0 Å². The van der Waals surface area contributed by atoms with Gasteiger partial charge in [0.2, 0.25) is 0 Å². The zero-order chi connectivity index (χ0) is 13.5. The number of para-hydroxylation sites is 1. The number of carbonyl (C=O) groups is 1. The Balaban J connectivity index is 2.03. The minimum Gasteiger partial charge on any atom is -0.298 e. The zero-order valence-corrected chi connectivity index (χ0v) is 10.7. The van der Waals surface area contributed by atoms with Crippen molar-refractivity contribution in [2.45, 2.75) is 6.04 Å². The molecule has 0 N–H and O–H groups in total. The van der Waals surface area contributed by atoms with Crippen LogP contribution in [0, 0.1) is 0 Å². The summed E-state index contributed by atoms with van der Waals surface area (Å²) in [6, 6.07) is 15.9. The molecule has 0 saturated heterocycles. The SMILES string of the molecule is O=CC1=Cc2cccc3cnn(c23)[C@@H]1c1ccccc1. The monoisotopic (exact) mass is 260 g/mol. The number of aldehydes is 1. The molecular weight excluding hydrogens is 248 g/mol. The smallest absolute Gasteiger partial charge is 0.148 e. The van der Waals surface area contributed by atoms with E-state index in [1.165, 1.54) is 0 Å². The van der Waals surface area contributed by atoms with Crippen molar-refractivity contribution in [2.24, 2.45) is 0 Å². The minimum absolute atomic E-state index is 0.138. The number of aromatic nitrogens is 2. The highest BCUT2D eigenvalue weighted by molar-refractivity contribution is 5.95. The quantitative estimate of drug-likeness (QED) is 0.663. The third-order valence-corrected chi connectivity index (χ3v) is 3.78. The Kier molecular flexibility index (Phi) is 2.33. The topological polar surface area (TPSA) is 34.9 Å². The van der Waals surface area contributed by atoms with Gasteiger partial charge in [0.15, 0.2) is 0 Å². The Morgan fingerprint density at radius 2 is 1.90 bits per heavy atom. The van der Waals surface area contributed by atoms with Crippen LogP contribution in [0.25, 0.3) is 17.0 Å². The third-order valence-electron chi connectivity index (χ3n) is 3.78. The summed E-state index contributed by atoms with van der Waals surface area (Å²) in [6.45, 7) is 0. The van der Waals surface area contributed by atoms with Gasteiger partial charge >= 0.3 is 0 Å². The van der Waals surface area contributed by atoms with Gasteiger partial charge in [0.05, 0.1) is 11.7 Å². The second kappa shape index (κ2) is 4.17. The first kappa shape index (κ1) is 11.2. The van der Waals surface area contributed by atoms with Gasteiger partial charge in [0.1, 0.15) is 12.3 Å². The lowest BCUT2D eigenvalue weighted by molar-refractivity contribution is -0.105. The summed E-state index contributed by atoms with van der Waals surface area (Å²) in [5, 5.41) is 5.60. The molecule has 1 atom stereocenters. The number of hydrogen-bond donors (Lipinski definition) is 0. The van der Waals surface area contributed by atoms with Crippen LogP contribution in [0.1, 0.15) is 17.2 Å². The molecule has 0 fully saturated rings. The summed E-state index contributed by atoms with van der Waals surface area (Å²) in [7, 11) is 0. The van der Waals surface area contributed by atoms with E-state index in [9.17, 15) is 4.79 Å². The highest BCUT2D eigenvalue weighted by atomic mass is 16.1. The minimum atomic E-state index is -0.138. The number of benzene rings is 2. The highest BCUT2D eigenvalue weighted by Gasteiger charge is 2.25. The fraction of sp³-hybridized carbons (Fsp3) is 0.0588. The molecule has 0 amide bonds. The molecule has 0 unspecified atom stereocenters. The summed E-state index contributed by atoms with van der Waals surface area (Å²) in [6.07, 6.45) is 4.76. The lowest BCUT2D eigenvalue weighted by atomic mass is 9.94. The van der Waals surface area contributed by atoms with E-state index in [1.807, 2.05) is 65.5 Å². The van der Waals surface area contributed by atoms with E-state index in [2.05, 4.69) is 5.10 Å². The summed E-state index contributed by atoms with van der Waals surface area (Å²) in [5.41, 5.74) is 3.95. The number of allylic oxidation sites excluding steroid dienone is 1. The predicted octanol–water partition coefficient (Wildman–Crippen LogP) is 3.22. The third kappa shape index (κ3) is 1.46. The maximum absolute atomic E-state index is 11.5. The first-order valence-electron chi connectivity index (χ1n) is 6.56.